The van der Waals surface area contributed by atoms with E-state index in [0.29, 0.717) is 42.9 Å². The summed E-state index contributed by atoms with van der Waals surface area (Å²) in [6.07, 6.45) is 0. The van der Waals surface area contributed by atoms with E-state index >= 15 is 0 Å². The van der Waals surface area contributed by atoms with Crippen LogP contribution >= 0.6 is 0 Å². The minimum absolute atomic E-state index is 0.171. The number of hydrogen-bond donors (Lipinski definition) is 3. The molecule has 154 valence electrons. The molecule has 0 radical (unpaired) electrons. The average Bonchev–Trinajstić information content (AvgIpc) is 2.55. The van der Waals surface area contributed by atoms with Gasteiger partial charge in [0.1, 0.15) is 18.4 Å². The minimum atomic E-state index is -3.28. The van der Waals surface area contributed by atoms with E-state index in [1.807, 2.05) is 41.5 Å². The van der Waals surface area contributed by atoms with E-state index in [0.717, 1.165) is 0 Å². The topological polar surface area (TPSA) is 55.7 Å². The molecule has 1 fully saturated rings. The number of aliphatic hydroxyl groups is 1. The van der Waals surface area contributed by atoms with Crippen molar-refractivity contribution in [1.82, 2.24) is 10.2 Å². The van der Waals surface area contributed by atoms with Crippen LogP contribution in [0.2, 0.25) is 0 Å². The average molecular weight is 385 g/mol. The summed E-state index contributed by atoms with van der Waals surface area (Å²) in [5.74, 6) is -3.11. The lowest BCUT2D eigenvalue weighted by Crippen LogP contribution is -2.51. The summed E-state index contributed by atoms with van der Waals surface area (Å²) in [6, 6.07) is 2.16. The summed E-state index contributed by atoms with van der Waals surface area (Å²) in [7, 11) is 0. The smallest absolute Gasteiger partial charge is 0.289 e. The maximum Gasteiger partial charge on any atom is 0.289 e. The lowest BCUT2D eigenvalue weighted by atomic mass is 9.77. The Hall–Kier alpha value is -1.24. The quantitative estimate of drug-likeness (QED) is 0.743. The number of halogens is 2. The first kappa shape index (κ1) is 22.1. The van der Waals surface area contributed by atoms with Crippen molar-refractivity contribution in [3.63, 3.8) is 0 Å². The molecule has 1 heterocycles. The zero-order valence-electron chi connectivity index (χ0n) is 17.4. The number of rotatable bonds is 4. The minimum Gasteiger partial charge on any atom is -0.507 e. The van der Waals surface area contributed by atoms with Crippen LogP contribution in [0, 0.1) is 0 Å². The largest absolute Gasteiger partial charge is 0.507 e. The van der Waals surface area contributed by atoms with Crippen LogP contribution in [0.25, 0.3) is 0 Å². The highest BCUT2D eigenvalue weighted by Crippen LogP contribution is 2.44. The first-order valence-electron chi connectivity index (χ1n) is 9.60. The number of alkyl halides is 2. The first-order valence-corrected chi connectivity index (χ1v) is 9.60. The van der Waals surface area contributed by atoms with E-state index in [2.05, 4.69) is 5.32 Å². The van der Waals surface area contributed by atoms with Gasteiger partial charge < -0.3 is 15.5 Å². The lowest BCUT2D eigenvalue weighted by molar-refractivity contribution is -0.118. The molecular formula is C21H34F2N2O2. The Balaban J connectivity index is 2.71. The molecule has 1 aromatic carbocycles. The standard InChI is InChI=1S/C21H34F2N2O2/c1-19(2,3)15-11-14(12-16(17(15)27)20(4,5)6)18(21(22,23)13-26)25-9-7-24-8-10-25/h11-12,18,24,26-27H,7-10,13H2,1-6H3/t18-/m0/s1. The second-order valence-corrected chi connectivity index (χ2v) is 9.57. The lowest BCUT2D eigenvalue weighted by Gasteiger charge is -2.40. The van der Waals surface area contributed by atoms with Gasteiger partial charge in [0.2, 0.25) is 0 Å². The maximum absolute atomic E-state index is 14.9. The van der Waals surface area contributed by atoms with Gasteiger partial charge in [0.25, 0.3) is 5.92 Å². The third kappa shape index (κ3) is 4.79. The summed E-state index contributed by atoms with van der Waals surface area (Å²) in [5.41, 5.74) is 0.951. The molecule has 1 aliphatic rings. The van der Waals surface area contributed by atoms with Crippen molar-refractivity contribution in [1.29, 1.82) is 0 Å². The van der Waals surface area contributed by atoms with Crippen molar-refractivity contribution < 1.29 is 19.0 Å². The summed E-state index contributed by atoms with van der Waals surface area (Å²) in [6.45, 7) is 12.8. The number of hydrogen-bond acceptors (Lipinski definition) is 4. The Labute approximate surface area is 161 Å². The van der Waals surface area contributed by atoms with Crippen molar-refractivity contribution in [2.45, 2.75) is 64.3 Å². The van der Waals surface area contributed by atoms with Crippen molar-refractivity contribution in [3.05, 3.63) is 28.8 Å². The van der Waals surface area contributed by atoms with Gasteiger partial charge >= 0.3 is 0 Å². The number of aliphatic hydroxyl groups excluding tert-OH is 1. The highest BCUT2D eigenvalue weighted by molar-refractivity contribution is 5.51. The summed E-state index contributed by atoms with van der Waals surface area (Å²) < 4.78 is 29.7. The Morgan fingerprint density at radius 1 is 1.00 bits per heavy atom. The molecule has 0 spiro atoms. The van der Waals surface area contributed by atoms with E-state index in [-0.39, 0.29) is 5.75 Å². The highest BCUT2D eigenvalue weighted by atomic mass is 19.3. The summed E-state index contributed by atoms with van der Waals surface area (Å²) in [5, 5.41) is 23.5. The van der Waals surface area contributed by atoms with Crippen LogP contribution in [0.1, 0.15) is 64.3 Å². The molecule has 0 bridgehead atoms. The van der Waals surface area contributed by atoms with Gasteiger partial charge in [-0.3, -0.25) is 4.90 Å². The zero-order valence-corrected chi connectivity index (χ0v) is 17.4. The van der Waals surface area contributed by atoms with Crippen molar-refractivity contribution in [2.24, 2.45) is 0 Å². The Kier molecular flexibility index (Phi) is 6.24. The fourth-order valence-corrected chi connectivity index (χ4v) is 3.71. The Morgan fingerprint density at radius 3 is 1.81 bits per heavy atom. The van der Waals surface area contributed by atoms with Gasteiger partial charge in [0.05, 0.1) is 0 Å². The first-order chi connectivity index (χ1) is 12.3. The third-order valence-electron chi connectivity index (χ3n) is 5.19. The number of nitrogens with zero attached hydrogens (tertiary/aromatic N) is 1. The van der Waals surface area contributed by atoms with Crippen LogP contribution in [0.15, 0.2) is 12.1 Å². The predicted octanol–water partition coefficient (Wildman–Crippen LogP) is 3.56. The van der Waals surface area contributed by atoms with Crippen molar-refractivity contribution in [3.8, 4) is 5.75 Å². The molecule has 3 N–H and O–H groups in total. The fraction of sp³-hybridized carbons (Fsp3) is 0.714. The number of nitrogens with one attached hydrogen (secondary N) is 1. The zero-order chi connectivity index (χ0) is 20.6. The molecule has 4 nitrogen and oxygen atoms in total. The van der Waals surface area contributed by atoms with Gasteiger partial charge in [0, 0.05) is 26.2 Å². The summed E-state index contributed by atoms with van der Waals surface area (Å²) in [4.78, 5) is 1.73. The van der Waals surface area contributed by atoms with Gasteiger partial charge in [-0.1, -0.05) is 41.5 Å². The fourth-order valence-electron chi connectivity index (χ4n) is 3.71. The molecule has 1 aliphatic heterocycles. The van der Waals surface area contributed by atoms with E-state index < -0.39 is 29.4 Å². The monoisotopic (exact) mass is 384 g/mol. The molecule has 0 amide bonds. The third-order valence-corrected chi connectivity index (χ3v) is 5.19. The number of phenolic OH excluding ortho intramolecular Hbond substituents is 1. The SMILES string of the molecule is CC(C)(C)c1cc([C@H](N2CCNCC2)C(F)(F)CO)cc(C(C)(C)C)c1O. The molecule has 1 saturated heterocycles. The second-order valence-electron chi connectivity index (χ2n) is 9.57. The molecular weight excluding hydrogens is 350 g/mol. The van der Waals surface area contributed by atoms with Crippen LogP contribution in [-0.2, 0) is 10.8 Å². The normalized spacial score (nSPS) is 18.6. The van der Waals surface area contributed by atoms with Gasteiger partial charge in [-0.2, -0.15) is 0 Å². The number of piperazine rings is 1. The van der Waals surface area contributed by atoms with Crippen molar-refractivity contribution >= 4 is 0 Å². The van der Waals surface area contributed by atoms with E-state index in [9.17, 15) is 19.0 Å². The van der Waals surface area contributed by atoms with Gasteiger partial charge in [-0.15, -0.1) is 0 Å². The Bertz CT molecular complexity index is 622. The summed E-state index contributed by atoms with van der Waals surface area (Å²) >= 11 is 0. The molecule has 0 saturated carbocycles. The van der Waals surface area contributed by atoms with Crippen LogP contribution in [-0.4, -0.2) is 53.8 Å². The molecule has 0 unspecified atom stereocenters. The van der Waals surface area contributed by atoms with Crippen LogP contribution < -0.4 is 5.32 Å². The molecule has 2 rings (SSSR count). The predicted molar refractivity (Wildman–Crippen MR) is 105 cm³/mol. The van der Waals surface area contributed by atoms with Crippen LogP contribution in [0.3, 0.4) is 0 Å². The highest BCUT2D eigenvalue weighted by Gasteiger charge is 2.45. The molecule has 27 heavy (non-hydrogen) atoms. The van der Waals surface area contributed by atoms with Crippen molar-refractivity contribution in [2.75, 3.05) is 32.8 Å². The number of phenols is 1. The number of aromatic hydroxyl groups is 1. The van der Waals surface area contributed by atoms with Crippen LogP contribution in [0.5, 0.6) is 5.75 Å². The molecule has 6 heteroatoms. The molecule has 1 atom stereocenters. The molecule has 0 aliphatic carbocycles. The second kappa shape index (κ2) is 7.64. The van der Waals surface area contributed by atoms with Gasteiger partial charge in [0.15, 0.2) is 0 Å². The van der Waals surface area contributed by atoms with E-state index in [1.165, 1.54) is 0 Å². The van der Waals surface area contributed by atoms with Gasteiger partial charge in [-0.05, 0) is 39.7 Å². The maximum atomic E-state index is 14.9. The van der Waals surface area contributed by atoms with Crippen LogP contribution in [0.4, 0.5) is 8.78 Å². The van der Waals surface area contributed by atoms with E-state index in [4.69, 9.17) is 0 Å². The Morgan fingerprint density at radius 2 is 1.44 bits per heavy atom. The molecule has 1 aromatic rings. The number of benzene rings is 1. The van der Waals surface area contributed by atoms with E-state index in [1.54, 1.807) is 17.0 Å². The van der Waals surface area contributed by atoms with Gasteiger partial charge in [-0.25, -0.2) is 8.78 Å². The molecule has 0 aromatic heterocycles.